The highest BCUT2D eigenvalue weighted by atomic mass is 79.9. The first-order valence-corrected chi connectivity index (χ1v) is 7.38. The van der Waals surface area contributed by atoms with Gasteiger partial charge in [0, 0.05) is 10.0 Å². The molecule has 1 fully saturated rings. The summed E-state index contributed by atoms with van der Waals surface area (Å²) in [5.41, 5.74) is 0.839. The van der Waals surface area contributed by atoms with Crippen LogP contribution >= 0.6 is 15.9 Å². The summed E-state index contributed by atoms with van der Waals surface area (Å²) < 4.78 is 6.51. The van der Waals surface area contributed by atoms with Crippen molar-refractivity contribution in [1.82, 2.24) is 15.5 Å². The summed E-state index contributed by atoms with van der Waals surface area (Å²) in [6, 6.07) is 7.94. The molecule has 0 bridgehead atoms. The van der Waals surface area contributed by atoms with Gasteiger partial charge in [0.1, 0.15) is 0 Å². The fourth-order valence-corrected chi connectivity index (χ4v) is 3.00. The fraction of sp³-hybridized carbons (Fsp3) is 0.429. The van der Waals surface area contributed by atoms with Gasteiger partial charge in [0.25, 0.3) is 0 Å². The maximum absolute atomic E-state index is 5.50. The molecule has 2 aromatic rings. The Hall–Kier alpha value is -1.20. The van der Waals surface area contributed by atoms with Crippen LogP contribution < -0.4 is 5.32 Å². The van der Waals surface area contributed by atoms with Crippen molar-refractivity contribution in [1.29, 1.82) is 0 Å². The van der Waals surface area contributed by atoms with Gasteiger partial charge in [-0.3, -0.25) is 0 Å². The first kappa shape index (κ1) is 12.8. The lowest BCUT2D eigenvalue weighted by atomic mass is 9.94. The van der Waals surface area contributed by atoms with E-state index in [0.717, 1.165) is 35.8 Å². The number of rotatable bonds is 3. The van der Waals surface area contributed by atoms with Crippen LogP contribution in [0.5, 0.6) is 0 Å². The smallest absolute Gasteiger partial charge is 0.247 e. The molecule has 1 aromatic heterocycles. The summed E-state index contributed by atoms with van der Waals surface area (Å²) in [6.45, 7) is 3.17. The number of nitrogens with zero attached hydrogens (tertiary/aromatic N) is 2. The van der Waals surface area contributed by atoms with Crippen LogP contribution in [0.25, 0.3) is 11.4 Å². The molecule has 1 N–H and O–H groups in total. The molecule has 1 saturated heterocycles. The molecule has 1 aliphatic heterocycles. The van der Waals surface area contributed by atoms with Gasteiger partial charge in [-0.1, -0.05) is 40.1 Å². The lowest BCUT2D eigenvalue weighted by Crippen LogP contribution is -2.36. The first-order valence-electron chi connectivity index (χ1n) is 6.59. The maximum atomic E-state index is 5.50. The van der Waals surface area contributed by atoms with Gasteiger partial charge in [-0.15, -0.1) is 0 Å². The molecule has 4 nitrogen and oxygen atoms in total. The predicted octanol–water partition coefficient (Wildman–Crippen LogP) is 3.49. The summed E-state index contributed by atoms with van der Waals surface area (Å²) in [5.74, 6) is 1.36. The third-order valence-electron chi connectivity index (χ3n) is 3.77. The largest absolute Gasteiger partial charge is 0.337 e. The number of hydrogen-bond donors (Lipinski definition) is 1. The molecule has 100 valence electrons. The van der Waals surface area contributed by atoms with E-state index >= 15 is 0 Å². The fourth-order valence-electron chi connectivity index (χ4n) is 2.60. The van der Waals surface area contributed by atoms with E-state index in [-0.39, 0.29) is 5.54 Å². The number of halogens is 1. The van der Waals surface area contributed by atoms with Crippen molar-refractivity contribution in [3.63, 3.8) is 0 Å². The number of aromatic nitrogens is 2. The van der Waals surface area contributed by atoms with Crippen molar-refractivity contribution in [3.8, 4) is 11.4 Å². The number of nitrogens with one attached hydrogen (secondary N) is 1. The van der Waals surface area contributed by atoms with Gasteiger partial charge in [0.2, 0.25) is 11.7 Å². The monoisotopic (exact) mass is 321 g/mol. The third kappa shape index (κ3) is 2.32. The third-order valence-corrected chi connectivity index (χ3v) is 4.26. The Balaban J connectivity index is 1.95. The van der Waals surface area contributed by atoms with Crippen molar-refractivity contribution >= 4 is 15.9 Å². The molecule has 1 atom stereocenters. The Kier molecular flexibility index (Phi) is 3.41. The molecule has 0 radical (unpaired) electrons. The highest BCUT2D eigenvalue weighted by Crippen LogP contribution is 2.34. The van der Waals surface area contributed by atoms with Crippen LogP contribution in [0.1, 0.15) is 32.1 Å². The topological polar surface area (TPSA) is 51.0 Å². The molecule has 0 amide bonds. The number of benzene rings is 1. The van der Waals surface area contributed by atoms with Gasteiger partial charge < -0.3 is 9.84 Å². The van der Waals surface area contributed by atoms with Crippen LogP contribution in [0.4, 0.5) is 0 Å². The first-order chi connectivity index (χ1) is 9.23. The molecule has 19 heavy (non-hydrogen) atoms. The summed E-state index contributed by atoms with van der Waals surface area (Å²) >= 11 is 3.46. The minimum atomic E-state index is -0.128. The normalized spacial score (nSPS) is 22.8. The molecule has 1 unspecified atom stereocenters. The van der Waals surface area contributed by atoms with Gasteiger partial charge >= 0.3 is 0 Å². The van der Waals surface area contributed by atoms with E-state index in [0.29, 0.717) is 11.7 Å². The molecular weight excluding hydrogens is 306 g/mol. The van der Waals surface area contributed by atoms with Crippen LogP contribution in [0.2, 0.25) is 0 Å². The predicted molar refractivity (Wildman–Crippen MR) is 76.6 cm³/mol. The summed E-state index contributed by atoms with van der Waals surface area (Å²) in [7, 11) is 0. The second-order valence-corrected chi connectivity index (χ2v) is 5.82. The van der Waals surface area contributed by atoms with Crippen LogP contribution in [-0.4, -0.2) is 16.7 Å². The lowest BCUT2D eigenvalue weighted by Gasteiger charge is -2.22. The van der Waals surface area contributed by atoms with E-state index in [4.69, 9.17) is 4.52 Å². The average molecular weight is 322 g/mol. The van der Waals surface area contributed by atoms with E-state index < -0.39 is 0 Å². The van der Waals surface area contributed by atoms with Crippen molar-refractivity contribution in [3.05, 3.63) is 34.6 Å². The minimum Gasteiger partial charge on any atom is -0.337 e. The van der Waals surface area contributed by atoms with Crippen molar-refractivity contribution in [2.75, 3.05) is 6.54 Å². The minimum absolute atomic E-state index is 0.128. The van der Waals surface area contributed by atoms with Crippen molar-refractivity contribution in [2.24, 2.45) is 0 Å². The number of hydrogen-bond acceptors (Lipinski definition) is 4. The zero-order valence-corrected chi connectivity index (χ0v) is 12.4. The van der Waals surface area contributed by atoms with E-state index in [1.165, 1.54) is 0 Å². The van der Waals surface area contributed by atoms with Crippen LogP contribution in [-0.2, 0) is 5.54 Å². The average Bonchev–Trinajstić information content (AvgIpc) is 3.08. The van der Waals surface area contributed by atoms with E-state index in [1.807, 2.05) is 24.3 Å². The Morgan fingerprint density at radius 2 is 2.37 bits per heavy atom. The van der Waals surface area contributed by atoms with Gasteiger partial charge in [0.05, 0.1) is 5.54 Å². The van der Waals surface area contributed by atoms with Gasteiger partial charge in [-0.05, 0) is 37.9 Å². The molecule has 1 aromatic carbocycles. The Morgan fingerprint density at radius 1 is 1.47 bits per heavy atom. The molecular formula is C14H16BrN3O. The van der Waals surface area contributed by atoms with E-state index in [9.17, 15) is 0 Å². The van der Waals surface area contributed by atoms with Crippen molar-refractivity contribution < 1.29 is 4.52 Å². The second-order valence-electron chi connectivity index (χ2n) is 4.90. The lowest BCUT2D eigenvalue weighted by molar-refractivity contribution is 0.250. The molecule has 0 saturated carbocycles. The second kappa shape index (κ2) is 5.06. The highest BCUT2D eigenvalue weighted by molar-refractivity contribution is 9.10. The molecule has 2 heterocycles. The summed E-state index contributed by atoms with van der Waals surface area (Å²) in [6.07, 6.45) is 3.18. The molecule has 3 rings (SSSR count). The van der Waals surface area contributed by atoms with Crippen LogP contribution in [0.3, 0.4) is 0 Å². The zero-order chi connectivity index (χ0) is 13.3. The Morgan fingerprint density at radius 3 is 3.05 bits per heavy atom. The Bertz CT molecular complexity index is 576. The molecule has 1 aliphatic rings. The maximum Gasteiger partial charge on any atom is 0.247 e. The molecule has 0 spiro atoms. The zero-order valence-electron chi connectivity index (χ0n) is 10.8. The summed E-state index contributed by atoms with van der Waals surface area (Å²) in [5, 5.41) is 7.62. The highest BCUT2D eigenvalue weighted by Gasteiger charge is 2.38. The SMILES string of the molecule is CCC1(c2nc(-c3cccc(Br)c3)no2)CCCN1. The molecule has 0 aliphatic carbocycles. The standard InChI is InChI=1S/C14H16BrN3O/c1-2-14(7-4-8-16-14)13-17-12(18-19-13)10-5-3-6-11(15)9-10/h3,5-6,9,16H,2,4,7-8H2,1H3. The van der Waals surface area contributed by atoms with E-state index in [2.05, 4.69) is 38.3 Å². The molecule has 5 heteroatoms. The van der Waals surface area contributed by atoms with E-state index in [1.54, 1.807) is 0 Å². The summed E-state index contributed by atoms with van der Waals surface area (Å²) in [4.78, 5) is 4.59. The van der Waals surface area contributed by atoms with Crippen molar-refractivity contribution in [2.45, 2.75) is 31.7 Å². The van der Waals surface area contributed by atoms with Gasteiger partial charge in [-0.25, -0.2) is 0 Å². The quantitative estimate of drug-likeness (QED) is 0.940. The van der Waals surface area contributed by atoms with Gasteiger partial charge in [0.15, 0.2) is 0 Å². The van der Waals surface area contributed by atoms with Gasteiger partial charge in [-0.2, -0.15) is 4.98 Å². The Labute approximate surface area is 120 Å². The van der Waals surface area contributed by atoms with Crippen LogP contribution in [0, 0.1) is 0 Å². The van der Waals surface area contributed by atoms with Crippen LogP contribution in [0.15, 0.2) is 33.3 Å².